The maximum Gasteiger partial charge on any atom is 0.188 e. The van der Waals surface area contributed by atoms with Crippen LogP contribution < -0.4 is 11.1 Å². The molecule has 0 saturated heterocycles. The molecule has 0 aromatic carbocycles. The van der Waals surface area contributed by atoms with Crippen LogP contribution in [0.25, 0.3) is 0 Å². The third-order valence-electron chi connectivity index (χ3n) is 2.01. The van der Waals surface area contributed by atoms with Crippen molar-refractivity contribution < 1.29 is 5.21 Å². The van der Waals surface area contributed by atoms with Gasteiger partial charge in [0, 0.05) is 25.0 Å². The number of oxime groups is 1. The van der Waals surface area contributed by atoms with E-state index in [2.05, 4.69) is 21.7 Å². The smallest absolute Gasteiger partial charge is 0.188 e. The number of hydrogen-bond acceptors (Lipinski definition) is 5. The van der Waals surface area contributed by atoms with Gasteiger partial charge in [-0.05, 0) is 24.0 Å². The van der Waals surface area contributed by atoms with Gasteiger partial charge in [-0.15, -0.1) is 0 Å². The highest BCUT2D eigenvalue weighted by Crippen LogP contribution is 2.01. The highest BCUT2D eigenvalue weighted by atomic mass is 32.2. The maximum absolute atomic E-state index is 8.53. The lowest BCUT2D eigenvalue weighted by atomic mass is 10.2. The summed E-state index contributed by atoms with van der Waals surface area (Å²) >= 11 is 1.80. The topological polar surface area (TPSA) is 83.5 Å². The Labute approximate surface area is 99.1 Å². The van der Waals surface area contributed by atoms with Crippen LogP contribution in [0.5, 0.6) is 0 Å². The summed E-state index contributed by atoms with van der Waals surface area (Å²) in [7, 11) is 0. The second-order valence-electron chi connectivity index (χ2n) is 3.20. The molecule has 5 nitrogen and oxygen atoms in total. The summed E-state index contributed by atoms with van der Waals surface area (Å²) < 4.78 is 0. The van der Waals surface area contributed by atoms with Gasteiger partial charge < -0.3 is 16.3 Å². The van der Waals surface area contributed by atoms with Gasteiger partial charge in [0.05, 0.1) is 0 Å². The summed E-state index contributed by atoms with van der Waals surface area (Å²) in [5, 5.41) is 14.7. The number of nitrogens with two attached hydrogens (primary N) is 1. The number of amidine groups is 1. The Morgan fingerprint density at radius 3 is 3.19 bits per heavy atom. The van der Waals surface area contributed by atoms with Crippen molar-refractivity contribution in [3.05, 3.63) is 29.6 Å². The molecular formula is C10H16N4OS. The monoisotopic (exact) mass is 240 g/mol. The van der Waals surface area contributed by atoms with E-state index in [1.54, 1.807) is 24.0 Å². The van der Waals surface area contributed by atoms with E-state index in [0.717, 1.165) is 24.4 Å². The van der Waals surface area contributed by atoms with Crippen LogP contribution in [0.4, 0.5) is 0 Å². The fraction of sp³-hybridized carbons (Fsp3) is 0.400. The fourth-order valence-corrected chi connectivity index (χ4v) is 1.53. The average Bonchev–Trinajstić information content (AvgIpc) is 2.34. The molecule has 0 aliphatic heterocycles. The lowest BCUT2D eigenvalue weighted by Crippen LogP contribution is -2.18. The predicted molar refractivity (Wildman–Crippen MR) is 66.8 cm³/mol. The number of aromatic nitrogens is 1. The normalized spacial score (nSPS) is 11.7. The van der Waals surface area contributed by atoms with E-state index in [4.69, 9.17) is 10.9 Å². The van der Waals surface area contributed by atoms with E-state index < -0.39 is 0 Å². The molecule has 0 unspecified atom stereocenters. The van der Waals surface area contributed by atoms with E-state index in [1.807, 2.05) is 6.07 Å². The van der Waals surface area contributed by atoms with Crippen LogP contribution in [0.1, 0.15) is 11.3 Å². The van der Waals surface area contributed by atoms with Crippen molar-refractivity contribution in [1.82, 2.24) is 10.3 Å². The zero-order chi connectivity index (χ0) is 11.8. The number of pyridine rings is 1. The highest BCUT2D eigenvalue weighted by Gasteiger charge is 2.01. The summed E-state index contributed by atoms with van der Waals surface area (Å²) in [4.78, 5) is 4.01. The minimum Gasteiger partial charge on any atom is -0.409 e. The van der Waals surface area contributed by atoms with Crippen molar-refractivity contribution in [2.24, 2.45) is 10.9 Å². The zero-order valence-corrected chi connectivity index (χ0v) is 10.00. The quantitative estimate of drug-likeness (QED) is 0.223. The highest BCUT2D eigenvalue weighted by molar-refractivity contribution is 7.98. The molecule has 0 bridgehead atoms. The fourth-order valence-electron chi connectivity index (χ4n) is 1.18. The van der Waals surface area contributed by atoms with Crippen LogP contribution in [-0.4, -0.2) is 34.6 Å². The SMILES string of the molecule is CSCCNCc1ccnc(C(N)=NO)c1. The minimum absolute atomic E-state index is 0.0333. The van der Waals surface area contributed by atoms with Crippen LogP contribution in [0.3, 0.4) is 0 Å². The van der Waals surface area contributed by atoms with Crippen molar-refractivity contribution in [3.63, 3.8) is 0 Å². The first-order valence-electron chi connectivity index (χ1n) is 4.90. The van der Waals surface area contributed by atoms with Crippen LogP contribution in [0.2, 0.25) is 0 Å². The Bertz CT molecular complexity index is 356. The minimum atomic E-state index is 0.0333. The third-order valence-corrected chi connectivity index (χ3v) is 2.62. The van der Waals surface area contributed by atoms with Crippen LogP contribution in [0, 0.1) is 0 Å². The molecule has 0 fully saturated rings. The maximum atomic E-state index is 8.53. The molecule has 0 radical (unpaired) electrons. The van der Waals surface area contributed by atoms with Gasteiger partial charge in [0.2, 0.25) is 0 Å². The molecule has 1 rings (SSSR count). The first-order valence-corrected chi connectivity index (χ1v) is 6.29. The molecular weight excluding hydrogens is 224 g/mol. The molecule has 16 heavy (non-hydrogen) atoms. The summed E-state index contributed by atoms with van der Waals surface area (Å²) in [5.74, 6) is 1.11. The molecule has 4 N–H and O–H groups in total. The van der Waals surface area contributed by atoms with E-state index in [1.165, 1.54) is 0 Å². The Hall–Kier alpha value is -1.27. The molecule has 1 aromatic heterocycles. The second-order valence-corrected chi connectivity index (χ2v) is 4.19. The molecule has 0 spiro atoms. The van der Waals surface area contributed by atoms with Crippen molar-refractivity contribution >= 4 is 17.6 Å². The van der Waals surface area contributed by atoms with Gasteiger partial charge in [-0.2, -0.15) is 11.8 Å². The van der Waals surface area contributed by atoms with Crippen LogP contribution in [0.15, 0.2) is 23.5 Å². The first-order chi connectivity index (χ1) is 7.77. The lowest BCUT2D eigenvalue weighted by molar-refractivity contribution is 0.318. The number of nitrogens with zero attached hydrogens (tertiary/aromatic N) is 2. The van der Waals surface area contributed by atoms with Crippen LogP contribution >= 0.6 is 11.8 Å². The molecule has 0 amide bonds. The molecule has 1 heterocycles. The summed E-state index contributed by atoms with van der Waals surface area (Å²) in [6.45, 7) is 1.72. The first kappa shape index (κ1) is 12.8. The summed E-state index contributed by atoms with van der Waals surface area (Å²) in [6.07, 6.45) is 3.73. The third kappa shape index (κ3) is 4.08. The average molecular weight is 240 g/mol. The molecule has 1 aromatic rings. The second kappa shape index (κ2) is 7.08. The Balaban J connectivity index is 2.54. The van der Waals surface area contributed by atoms with Gasteiger partial charge in [-0.3, -0.25) is 4.98 Å². The molecule has 0 aliphatic rings. The van der Waals surface area contributed by atoms with Crippen LogP contribution in [-0.2, 0) is 6.54 Å². The van der Waals surface area contributed by atoms with Gasteiger partial charge in [-0.1, -0.05) is 5.16 Å². The Morgan fingerprint density at radius 2 is 2.50 bits per heavy atom. The number of thioether (sulfide) groups is 1. The summed E-state index contributed by atoms with van der Waals surface area (Å²) in [6, 6.07) is 3.71. The number of hydrogen-bond donors (Lipinski definition) is 3. The van der Waals surface area contributed by atoms with Crippen molar-refractivity contribution in [2.75, 3.05) is 18.6 Å². The molecule has 0 aliphatic carbocycles. The van der Waals surface area contributed by atoms with Crippen molar-refractivity contribution in [1.29, 1.82) is 0 Å². The van der Waals surface area contributed by atoms with E-state index in [0.29, 0.717) is 5.69 Å². The molecule has 88 valence electrons. The van der Waals surface area contributed by atoms with E-state index in [9.17, 15) is 0 Å². The number of nitrogens with one attached hydrogen (secondary N) is 1. The largest absolute Gasteiger partial charge is 0.409 e. The van der Waals surface area contributed by atoms with Gasteiger partial charge >= 0.3 is 0 Å². The van der Waals surface area contributed by atoms with Gasteiger partial charge in [0.25, 0.3) is 0 Å². The van der Waals surface area contributed by atoms with Crippen molar-refractivity contribution in [2.45, 2.75) is 6.54 Å². The van der Waals surface area contributed by atoms with Gasteiger partial charge in [0.1, 0.15) is 5.69 Å². The zero-order valence-electron chi connectivity index (χ0n) is 9.18. The lowest BCUT2D eigenvalue weighted by Gasteiger charge is -2.05. The van der Waals surface area contributed by atoms with Gasteiger partial charge in [0.15, 0.2) is 5.84 Å². The predicted octanol–water partition coefficient (Wildman–Crippen LogP) is 0.629. The Morgan fingerprint density at radius 1 is 1.69 bits per heavy atom. The molecule has 6 heteroatoms. The molecule has 0 atom stereocenters. The molecule has 0 saturated carbocycles. The summed E-state index contributed by atoms with van der Waals surface area (Å²) in [5.41, 5.74) is 7.01. The van der Waals surface area contributed by atoms with E-state index in [-0.39, 0.29) is 5.84 Å². The van der Waals surface area contributed by atoms with Gasteiger partial charge in [-0.25, -0.2) is 0 Å². The standard InChI is InChI=1S/C10H16N4OS/c1-16-5-4-12-7-8-2-3-13-9(6-8)10(11)14-15/h2-3,6,12,15H,4-5,7H2,1H3,(H2,11,14). The number of rotatable bonds is 6. The Kier molecular flexibility index (Phi) is 5.66. The van der Waals surface area contributed by atoms with Crippen molar-refractivity contribution in [3.8, 4) is 0 Å². The van der Waals surface area contributed by atoms with E-state index >= 15 is 0 Å².